The van der Waals surface area contributed by atoms with Gasteiger partial charge in [0.25, 0.3) is 0 Å². The molecule has 404 valence electrons. The van der Waals surface area contributed by atoms with E-state index in [1.165, 1.54) is 0 Å². The Hall–Kier alpha value is -4.86. The van der Waals surface area contributed by atoms with Gasteiger partial charge in [0, 0.05) is 27.3 Å². The molecular weight excluding hydrogens is 909 g/mol. The summed E-state index contributed by atoms with van der Waals surface area (Å²) in [6.07, 6.45) is 1.37. The van der Waals surface area contributed by atoms with Gasteiger partial charge in [0.2, 0.25) is 5.91 Å². The second kappa shape index (κ2) is 33.7. The third-order valence-corrected chi connectivity index (χ3v) is 12.1. The summed E-state index contributed by atoms with van der Waals surface area (Å²) in [5.74, 6) is -3.47. The first-order valence-electron chi connectivity index (χ1n) is 25.1. The van der Waals surface area contributed by atoms with Crippen LogP contribution in [0.15, 0.2) is 60.7 Å². The van der Waals surface area contributed by atoms with Crippen molar-refractivity contribution in [3.63, 3.8) is 0 Å². The molecule has 0 aliphatic carbocycles. The van der Waals surface area contributed by atoms with Crippen LogP contribution in [0.4, 0.5) is 0 Å². The van der Waals surface area contributed by atoms with Crippen LogP contribution in [0.25, 0.3) is 0 Å². The summed E-state index contributed by atoms with van der Waals surface area (Å²) in [6, 6.07) is 18.6. The number of likely N-dealkylation sites (N-methyl/N-ethyl adjacent to an activating group) is 2. The summed E-state index contributed by atoms with van der Waals surface area (Å²) in [7, 11) is 6.81. The molecule has 0 saturated heterocycles. The maximum atomic E-state index is 13.6. The van der Waals surface area contributed by atoms with Crippen LogP contribution >= 0.6 is 0 Å². The van der Waals surface area contributed by atoms with Crippen molar-refractivity contribution in [2.24, 2.45) is 35.5 Å². The molecule has 15 heteroatoms. The van der Waals surface area contributed by atoms with Crippen molar-refractivity contribution in [3.05, 3.63) is 71.8 Å². The van der Waals surface area contributed by atoms with Gasteiger partial charge in [-0.2, -0.15) is 0 Å². The smallest absolute Gasteiger partial charge is 0.309 e. The van der Waals surface area contributed by atoms with Crippen molar-refractivity contribution in [2.75, 3.05) is 28.3 Å². The maximum Gasteiger partial charge on any atom is 0.309 e. The Kier molecular flexibility index (Phi) is 31.4. The Bertz CT molecular complexity index is 1840. The number of rotatable bonds is 26. The van der Waals surface area contributed by atoms with Crippen LogP contribution in [0.5, 0.6) is 0 Å². The zero-order valence-corrected chi connectivity index (χ0v) is 46.5. The van der Waals surface area contributed by atoms with Gasteiger partial charge < -0.3 is 43.7 Å². The van der Waals surface area contributed by atoms with Crippen molar-refractivity contribution < 1.29 is 62.3 Å². The lowest BCUT2D eigenvalue weighted by atomic mass is 9.87. The fraction of sp³-hybridized carbons (Fsp3) is 0.679. The van der Waals surface area contributed by atoms with E-state index in [9.17, 15) is 28.8 Å². The van der Waals surface area contributed by atoms with Crippen LogP contribution in [0.1, 0.15) is 147 Å². The lowest BCUT2D eigenvalue weighted by molar-refractivity contribution is -0.161. The number of carboxylic acids is 1. The first-order chi connectivity index (χ1) is 33.0. The van der Waals surface area contributed by atoms with Gasteiger partial charge in [0.1, 0.15) is 24.4 Å². The largest absolute Gasteiger partial charge is 0.481 e. The number of hydrogen-bond acceptors (Lipinski definition) is 13. The second-order valence-electron chi connectivity index (χ2n) is 20.9. The van der Waals surface area contributed by atoms with Crippen molar-refractivity contribution in [2.45, 2.75) is 184 Å². The van der Waals surface area contributed by atoms with Crippen molar-refractivity contribution in [3.8, 4) is 0 Å². The maximum absolute atomic E-state index is 13.6. The number of nitrogens with zero attached hydrogens (tertiary/aromatic N) is 1. The molecule has 2 aromatic rings. The molecule has 2 N–H and O–H groups in total. The number of aliphatic carboxylic acids is 1. The van der Waals surface area contributed by atoms with Crippen LogP contribution in [0.3, 0.4) is 0 Å². The highest BCUT2D eigenvalue weighted by molar-refractivity contribution is 5.84. The highest BCUT2D eigenvalue weighted by atomic mass is 16.6. The molecular formula is C56H92N2O13. The molecule has 0 bridgehead atoms. The number of carboxylic acid groups (broad SMARTS) is 1. The number of hydrogen-bond donors (Lipinski definition) is 2. The SMILES string of the molecule is CC(C)[C@H](CC(=O)OCc1ccccc1)C(=O)O.CC[C@H](C)[C@@H]([C@@H](CC(=O)OC(C)(C)C)OC)N(C)C(=O)[C@@H](CC(=O)OCc1ccccc1)C(C)C.CC[C@H](C)[C@H](NC)[C@@H](CC(=O)OC(C)(C)C)OC. The number of ether oxygens (including phenoxy) is 6. The quantitative estimate of drug-likeness (QED) is 0.0668. The van der Waals surface area contributed by atoms with E-state index in [1.54, 1.807) is 40.0 Å². The van der Waals surface area contributed by atoms with Crippen LogP contribution in [0, 0.1) is 35.5 Å². The predicted octanol–water partition coefficient (Wildman–Crippen LogP) is 9.86. The molecule has 0 unspecified atom stereocenters. The highest BCUT2D eigenvalue weighted by Crippen LogP contribution is 2.28. The summed E-state index contributed by atoms with van der Waals surface area (Å²) >= 11 is 0. The molecule has 0 radical (unpaired) electrons. The predicted molar refractivity (Wildman–Crippen MR) is 277 cm³/mol. The van der Waals surface area contributed by atoms with E-state index in [-0.39, 0.29) is 92.7 Å². The molecule has 0 fully saturated rings. The summed E-state index contributed by atoms with van der Waals surface area (Å²) in [6.45, 7) is 27.2. The normalized spacial score (nSPS) is 14.9. The van der Waals surface area contributed by atoms with Crippen LogP contribution in [-0.2, 0) is 70.4 Å². The number of carbonyl (C=O) groups excluding carboxylic acids is 5. The van der Waals surface area contributed by atoms with Gasteiger partial charge in [-0.15, -0.1) is 0 Å². The third-order valence-electron chi connectivity index (χ3n) is 12.1. The van der Waals surface area contributed by atoms with Gasteiger partial charge in [0.05, 0.1) is 55.8 Å². The zero-order chi connectivity index (χ0) is 54.6. The van der Waals surface area contributed by atoms with E-state index in [1.807, 2.05) is 137 Å². The molecule has 0 aliphatic rings. The average Bonchev–Trinajstić information content (AvgIpc) is 3.29. The standard InChI is InChI=1S/C28H45NO6.C14H29NO3.C14H18O4/c1-10-20(4)26(23(33-9)17-25(31)35-28(5,6)7)29(8)27(32)22(19(2)3)16-24(30)34-18-21-14-12-11-13-15-21;1-8-10(2)13(15-6)11(17-7)9-12(16)18-14(3,4)5;1-10(2)12(14(16)17)8-13(15)18-9-11-6-4-3-5-7-11/h11-15,19-20,22-23,26H,10,16-18H2,1-9H3;10-11,13,15H,8-9H2,1-7H3;3-7,10,12H,8-9H2,1-2H3,(H,16,17)/t20-,22-,23+,26-;10-,11+,13-;12-/m000/s1. The Labute approximate surface area is 426 Å². The first kappa shape index (κ1) is 66.1. The lowest BCUT2D eigenvalue weighted by Gasteiger charge is -2.39. The van der Waals surface area contributed by atoms with Crippen molar-refractivity contribution in [1.29, 1.82) is 0 Å². The van der Waals surface area contributed by atoms with Gasteiger partial charge >= 0.3 is 29.8 Å². The minimum absolute atomic E-state index is 0.00931. The van der Waals surface area contributed by atoms with Gasteiger partial charge in [-0.3, -0.25) is 28.8 Å². The van der Waals surface area contributed by atoms with Crippen molar-refractivity contribution >= 4 is 35.8 Å². The van der Waals surface area contributed by atoms with Crippen LogP contribution in [0.2, 0.25) is 0 Å². The lowest BCUT2D eigenvalue weighted by Crippen LogP contribution is -2.52. The molecule has 2 aromatic carbocycles. The fourth-order valence-corrected chi connectivity index (χ4v) is 7.70. The third kappa shape index (κ3) is 27.5. The van der Waals surface area contributed by atoms with Crippen LogP contribution in [-0.4, -0.2) is 110 Å². The van der Waals surface area contributed by atoms with Gasteiger partial charge in [0.15, 0.2) is 0 Å². The summed E-state index contributed by atoms with van der Waals surface area (Å²) in [5.41, 5.74) is 0.738. The van der Waals surface area contributed by atoms with Gasteiger partial charge in [-0.1, -0.05) is 129 Å². The molecule has 0 aromatic heterocycles. The van der Waals surface area contributed by atoms with Crippen LogP contribution < -0.4 is 5.32 Å². The minimum atomic E-state index is -0.957. The van der Waals surface area contributed by atoms with E-state index >= 15 is 0 Å². The topological polar surface area (TPSA) is 193 Å². The number of esters is 4. The first-order valence-corrected chi connectivity index (χ1v) is 25.1. The monoisotopic (exact) mass is 1000 g/mol. The van der Waals surface area contributed by atoms with E-state index < -0.39 is 47.0 Å². The molecule has 2 rings (SSSR count). The Morgan fingerprint density at radius 2 is 0.958 bits per heavy atom. The average molecular weight is 1000 g/mol. The second-order valence-corrected chi connectivity index (χ2v) is 20.9. The van der Waals surface area contributed by atoms with E-state index in [0.29, 0.717) is 5.92 Å². The van der Waals surface area contributed by atoms with Crippen molar-refractivity contribution in [1.82, 2.24) is 10.2 Å². The van der Waals surface area contributed by atoms with Gasteiger partial charge in [-0.05, 0) is 83.4 Å². The number of amides is 1. The van der Waals surface area contributed by atoms with Gasteiger partial charge in [-0.25, -0.2) is 0 Å². The Balaban J connectivity index is 0.00000114. The fourth-order valence-electron chi connectivity index (χ4n) is 7.70. The molecule has 15 nitrogen and oxygen atoms in total. The Morgan fingerprint density at radius 1 is 0.577 bits per heavy atom. The summed E-state index contributed by atoms with van der Waals surface area (Å²) < 4.78 is 32.5. The molecule has 8 atom stereocenters. The number of carbonyl (C=O) groups is 6. The summed E-state index contributed by atoms with van der Waals surface area (Å²) in [5, 5.41) is 12.2. The zero-order valence-electron chi connectivity index (χ0n) is 46.5. The van der Waals surface area contributed by atoms with E-state index in [0.717, 1.165) is 24.0 Å². The molecule has 0 heterocycles. The molecule has 0 spiro atoms. The summed E-state index contributed by atoms with van der Waals surface area (Å²) in [4.78, 5) is 74.8. The molecule has 71 heavy (non-hydrogen) atoms. The molecule has 0 saturated carbocycles. The highest BCUT2D eigenvalue weighted by Gasteiger charge is 2.39. The van der Waals surface area contributed by atoms with E-state index in [4.69, 9.17) is 33.5 Å². The minimum Gasteiger partial charge on any atom is -0.481 e. The molecule has 1 amide bonds. The Morgan fingerprint density at radius 3 is 1.28 bits per heavy atom. The molecule has 0 aliphatic heterocycles. The van der Waals surface area contributed by atoms with E-state index in [2.05, 4.69) is 19.2 Å². The number of nitrogens with one attached hydrogen (secondary N) is 1. The number of benzene rings is 2. The number of methoxy groups -OCH3 is 2.